The van der Waals surface area contributed by atoms with Crippen molar-refractivity contribution in [3.05, 3.63) is 235 Å². The van der Waals surface area contributed by atoms with Gasteiger partial charge in [-0.15, -0.1) is 0 Å². The van der Waals surface area contributed by atoms with Crippen LogP contribution in [0, 0.1) is 0 Å². The fourth-order valence-corrected chi connectivity index (χ4v) is 9.47. The molecule has 6 nitrogen and oxygen atoms in total. The molecule has 0 amide bonds. The van der Waals surface area contributed by atoms with Crippen LogP contribution in [0.15, 0.2) is 213 Å². The van der Waals surface area contributed by atoms with Crippen molar-refractivity contribution in [2.45, 2.75) is 5.41 Å². The minimum absolute atomic E-state index is 0.609. The zero-order valence-corrected chi connectivity index (χ0v) is 33.4. The van der Waals surface area contributed by atoms with Crippen LogP contribution in [0.25, 0.3) is 78.8 Å². The molecule has 62 heavy (non-hydrogen) atoms. The Balaban J connectivity index is 1.00. The summed E-state index contributed by atoms with van der Waals surface area (Å²) >= 11 is 0. The highest BCUT2D eigenvalue weighted by Crippen LogP contribution is 2.64. The monoisotopic (exact) mass is 793 g/mol. The van der Waals surface area contributed by atoms with Crippen molar-refractivity contribution < 1.29 is 4.74 Å². The first-order valence-corrected chi connectivity index (χ1v) is 20.7. The number of ether oxygens (including phenoxy) is 1. The molecular formula is C56H35N5O. The Hall–Kier alpha value is -8.35. The van der Waals surface area contributed by atoms with Crippen molar-refractivity contribution in [1.82, 2.24) is 24.9 Å². The molecule has 6 heteroatoms. The lowest BCUT2D eigenvalue weighted by Gasteiger charge is -2.39. The van der Waals surface area contributed by atoms with Crippen molar-refractivity contribution in [2.75, 3.05) is 0 Å². The molecule has 0 radical (unpaired) electrons. The number of hydrogen-bond donors (Lipinski definition) is 0. The molecule has 4 heterocycles. The predicted molar refractivity (Wildman–Crippen MR) is 245 cm³/mol. The van der Waals surface area contributed by atoms with Crippen LogP contribution in [0.4, 0.5) is 0 Å². The molecule has 0 unspecified atom stereocenters. The SMILES string of the molecule is c1ccc(-c2nc(-c3ccccc3)nc(-c3cccc(-c4ccc(-c5cccc6c5-c5c(-c7ccncc7)cccc5C65c6ccccc6Oc6ccccc65)nc4)c3)n2)cc1. The van der Waals surface area contributed by atoms with E-state index in [1.165, 1.54) is 22.3 Å². The van der Waals surface area contributed by atoms with Gasteiger partial charge in [0.15, 0.2) is 17.5 Å². The average Bonchev–Trinajstić information content (AvgIpc) is 3.66. The Bertz CT molecular complexity index is 3210. The van der Waals surface area contributed by atoms with E-state index in [4.69, 9.17) is 24.7 Å². The number of benzene rings is 7. The van der Waals surface area contributed by atoms with Gasteiger partial charge in [-0.1, -0.05) is 158 Å². The quantitative estimate of drug-likeness (QED) is 0.167. The lowest BCUT2D eigenvalue weighted by atomic mass is 9.66. The van der Waals surface area contributed by atoms with Crippen molar-refractivity contribution in [2.24, 2.45) is 0 Å². The Kier molecular flexibility index (Phi) is 8.28. The summed E-state index contributed by atoms with van der Waals surface area (Å²) in [6.07, 6.45) is 5.71. The van der Waals surface area contributed by atoms with Gasteiger partial charge in [-0.3, -0.25) is 9.97 Å². The summed E-state index contributed by atoms with van der Waals surface area (Å²) in [7, 11) is 0. The van der Waals surface area contributed by atoms with Gasteiger partial charge in [0.2, 0.25) is 0 Å². The van der Waals surface area contributed by atoms with Gasteiger partial charge in [0.25, 0.3) is 0 Å². The number of para-hydroxylation sites is 2. The number of aromatic nitrogens is 5. The van der Waals surface area contributed by atoms with Crippen LogP contribution in [0.2, 0.25) is 0 Å². The molecule has 290 valence electrons. The van der Waals surface area contributed by atoms with Crippen LogP contribution in [0.3, 0.4) is 0 Å². The molecule has 1 aliphatic heterocycles. The van der Waals surface area contributed by atoms with E-state index in [0.29, 0.717) is 17.5 Å². The number of rotatable bonds is 6. The van der Waals surface area contributed by atoms with Gasteiger partial charge in [-0.25, -0.2) is 15.0 Å². The second kappa shape index (κ2) is 14.4. The van der Waals surface area contributed by atoms with Crippen LogP contribution >= 0.6 is 0 Å². The smallest absolute Gasteiger partial charge is 0.164 e. The summed E-state index contributed by atoms with van der Waals surface area (Å²) in [5.41, 5.74) is 15.4. The first kappa shape index (κ1) is 35.6. The predicted octanol–water partition coefficient (Wildman–Crippen LogP) is 13.1. The Morgan fingerprint density at radius 1 is 0.355 bits per heavy atom. The van der Waals surface area contributed by atoms with Gasteiger partial charge < -0.3 is 4.74 Å². The van der Waals surface area contributed by atoms with Crippen molar-refractivity contribution in [3.8, 4) is 90.3 Å². The Morgan fingerprint density at radius 3 is 1.47 bits per heavy atom. The normalized spacial score (nSPS) is 12.8. The maximum Gasteiger partial charge on any atom is 0.164 e. The second-order valence-electron chi connectivity index (χ2n) is 15.6. The lowest BCUT2D eigenvalue weighted by molar-refractivity contribution is 0.436. The van der Waals surface area contributed by atoms with Gasteiger partial charge >= 0.3 is 0 Å². The van der Waals surface area contributed by atoms with Gasteiger partial charge in [0.1, 0.15) is 11.5 Å². The van der Waals surface area contributed by atoms with Crippen LogP contribution in [0.1, 0.15) is 22.3 Å². The first-order valence-electron chi connectivity index (χ1n) is 20.7. The molecule has 0 N–H and O–H groups in total. The van der Waals surface area contributed by atoms with E-state index in [-0.39, 0.29) is 0 Å². The topological polar surface area (TPSA) is 73.7 Å². The highest BCUT2D eigenvalue weighted by molar-refractivity contribution is 6.02. The zero-order valence-electron chi connectivity index (χ0n) is 33.4. The summed E-state index contributed by atoms with van der Waals surface area (Å²) in [6, 6.07) is 67.3. The number of fused-ring (bicyclic) bond motifs is 9. The van der Waals surface area contributed by atoms with Crippen LogP contribution < -0.4 is 4.74 Å². The third-order valence-corrected chi connectivity index (χ3v) is 12.2. The van der Waals surface area contributed by atoms with Gasteiger partial charge in [0, 0.05) is 57.5 Å². The number of nitrogens with zero attached hydrogens (tertiary/aromatic N) is 5. The summed E-state index contributed by atoms with van der Waals surface area (Å²) in [5.74, 6) is 3.59. The third-order valence-electron chi connectivity index (χ3n) is 12.2. The fraction of sp³-hybridized carbons (Fsp3) is 0.0179. The molecule has 0 saturated heterocycles. The molecule has 0 atom stereocenters. The van der Waals surface area contributed by atoms with Crippen molar-refractivity contribution >= 4 is 0 Å². The van der Waals surface area contributed by atoms with E-state index >= 15 is 0 Å². The van der Waals surface area contributed by atoms with E-state index in [0.717, 1.165) is 72.8 Å². The number of pyridine rings is 2. The Morgan fingerprint density at radius 2 is 0.855 bits per heavy atom. The summed E-state index contributed by atoms with van der Waals surface area (Å²) in [5, 5.41) is 0. The van der Waals surface area contributed by atoms with Crippen LogP contribution in [0.5, 0.6) is 11.5 Å². The molecular weight excluding hydrogens is 759 g/mol. The Labute approximate surface area is 359 Å². The molecule has 3 aromatic heterocycles. The molecule has 0 fully saturated rings. The van der Waals surface area contributed by atoms with E-state index in [1.807, 2.05) is 79.3 Å². The van der Waals surface area contributed by atoms with E-state index in [2.05, 4.69) is 138 Å². The van der Waals surface area contributed by atoms with Gasteiger partial charge in [-0.05, 0) is 75.3 Å². The molecule has 7 aromatic carbocycles. The second-order valence-corrected chi connectivity index (χ2v) is 15.6. The molecule has 12 rings (SSSR count). The van der Waals surface area contributed by atoms with E-state index in [9.17, 15) is 0 Å². The zero-order chi connectivity index (χ0) is 41.0. The maximum atomic E-state index is 6.64. The minimum atomic E-state index is -0.620. The largest absolute Gasteiger partial charge is 0.457 e. The lowest BCUT2D eigenvalue weighted by Crippen LogP contribution is -2.32. The molecule has 0 saturated carbocycles. The minimum Gasteiger partial charge on any atom is -0.457 e. The van der Waals surface area contributed by atoms with Crippen LogP contribution in [-0.2, 0) is 5.41 Å². The molecule has 10 aromatic rings. The fourth-order valence-electron chi connectivity index (χ4n) is 9.47. The highest BCUT2D eigenvalue weighted by atomic mass is 16.5. The highest BCUT2D eigenvalue weighted by Gasteiger charge is 2.52. The first-order chi connectivity index (χ1) is 30.7. The maximum absolute atomic E-state index is 6.64. The molecule has 1 aliphatic carbocycles. The van der Waals surface area contributed by atoms with Crippen molar-refractivity contribution in [3.63, 3.8) is 0 Å². The molecule has 0 bridgehead atoms. The van der Waals surface area contributed by atoms with E-state index in [1.54, 1.807) is 0 Å². The van der Waals surface area contributed by atoms with Crippen molar-refractivity contribution in [1.29, 1.82) is 0 Å². The van der Waals surface area contributed by atoms with Crippen LogP contribution in [-0.4, -0.2) is 24.9 Å². The summed E-state index contributed by atoms with van der Waals surface area (Å²) < 4.78 is 6.64. The average molecular weight is 794 g/mol. The summed E-state index contributed by atoms with van der Waals surface area (Å²) in [4.78, 5) is 24.5. The summed E-state index contributed by atoms with van der Waals surface area (Å²) in [6.45, 7) is 0. The standard InChI is InChI=1S/C56H35N5O/c1-3-14-37(15-4-1)53-59-54(38-16-5-2-6-17-38)61-55(60-53)40-19-11-18-39(34-40)41-28-29-48(58-35-41)43-21-13-25-47-52(43)51-42(36-30-32-57-33-31-36)20-12-24-46(51)56(47)44-22-7-9-26-49(44)62-50-27-10-8-23-45(50)56/h1-35H. The van der Waals surface area contributed by atoms with Gasteiger partial charge in [-0.2, -0.15) is 0 Å². The van der Waals surface area contributed by atoms with Gasteiger partial charge in [0.05, 0.1) is 11.1 Å². The number of hydrogen-bond acceptors (Lipinski definition) is 6. The van der Waals surface area contributed by atoms with E-state index < -0.39 is 5.41 Å². The molecule has 1 spiro atoms. The third kappa shape index (κ3) is 5.61. The molecule has 2 aliphatic rings.